The predicted molar refractivity (Wildman–Crippen MR) is 77.0 cm³/mol. The predicted octanol–water partition coefficient (Wildman–Crippen LogP) is 1.76. The molecule has 1 N–H and O–H groups in total. The minimum absolute atomic E-state index is 0.0249. The molecule has 0 saturated carbocycles. The number of anilines is 2. The van der Waals surface area contributed by atoms with Crippen molar-refractivity contribution in [2.45, 2.75) is 19.9 Å². The smallest absolute Gasteiger partial charge is 0.353 e. The lowest BCUT2D eigenvalue weighted by Crippen LogP contribution is -2.41. The second-order valence-corrected chi connectivity index (χ2v) is 5.45. The summed E-state index contributed by atoms with van der Waals surface area (Å²) in [6.07, 6.45) is 1.38. The maximum absolute atomic E-state index is 11.3. The van der Waals surface area contributed by atoms with E-state index in [4.69, 9.17) is 0 Å². The Bertz CT molecular complexity index is 470. The molecule has 1 atom stereocenters. The van der Waals surface area contributed by atoms with E-state index in [1.54, 1.807) is 0 Å². The van der Waals surface area contributed by atoms with E-state index < -0.39 is 4.92 Å². The van der Waals surface area contributed by atoms with Gasteiger partial charge in [-0.05, 0) is 13.8 Å². The summed E-state index contributed by atoms with van der Waals surface area (Å²) in [4.78, 5) is 21.0. The molecule has 0 amide bonds. The van der Waals surface area contributed by atoms with Gasteiger partial charge in [-0.2, -0.15) is 11.8 Å². The van der Waals surface area contributed by atoms with Crippen LogP contribution in [0.25, 0.3) is 0 Å². The summed E-state index contributed by atoms with van der Waals surface area (Å²) in [5, 5.41) is 14.2. The summed E-state index contributed by atoms with van der Waals surface area (Å²) >= 11 is 1.86. The van der Waals surface area contributed by atoms with Crippen LogP contribution in [0.15, 0.2) is 6.33 Å². The molecule has 1 aliphatic heterocycles. The monoisotopic (exact) mass is 283 g/mol. The largest absolute Gasteiger partial charge is 0.364 e. The van der Waals surface area contributed by atoms with Crippen LogP contribution in [0.1, 0.15) is 13.8 Å². The molecule has 8 heteroatoms. The number of rotatable bonds is 4. The molecule has 1 unspecified atom stereocenters. The fourth-order valence-corrected chi connectivity index (χ4v) is 3.10. The van der Waals surface area contributed by atoms with E-state index in [1.807, 2.05) is 23.6 Å². The van der Waals surface area contributed by atoms with E-state index in [9.17, 15) is 10.1 Å². The van der Waals surface area contributed by atoms with Crippen LogP contribution in [0, 0.1) is 10.1 Å². The van der Waals surface area contributed by atoms with E-state index in [0.29, 0.717) is 18.2 Å². The molecular weight excluding hydrogens is 266 g/mol. The van der Waals surface area contributed by atoms with Crippen molar-refractivity contribution in [2.75, 3.05) is 34.8 Å². The van der Waals surface area contributed by atoms with Crippen molar-refractivity contribution >= 4 is 29.1 Å². The molecule has 7 nitrogen and oxygen atoms in total. The first-order valence-corrected chi connectivity index (χ1v) is 7.38. The lowest BCUT2D eigenvalue weighted by atomic mass is 10.3. The second kappa shape index (κ2) is 6.05. The molecule has 0 radical (unpaired) electrons. The van der Waals surface area contributed by atoms with Gasteiger partial charge in [-0.15, -0.1) is 0 Å². The van der Waals surface area contributed by atoms with Gasteiger partial charge in [0.15, 0.2) is 0 Å². The maximum atomic E-state index is 11.3. The summed E-state index contributed by atoms with van der Waals surface area (Å²) in [5.41, 5.74) is -0.0249. The molecule has 1 aromatic heterocycles. The summed E-state index contributed by atoms with van der Waals surface area (Å²) < 4.78 is 0. The molecule has 2 rings (SSSR count). The van der Waals surface area contributed by atoms with Gasteiger partial charge < -0.3 is 10.2 Å². The van der Waals surface area contributed by atoms with Crippen molar-refractivity contribution in [3.63, 3.8) is 0 Å². The molecule has 104 valence electrons. The van der Waals surface area contributed by atoms with Crippen LogP contribution >= 0.6 is 11.8 Å². The quantitative estimate of drug-likeness (QED) is 0.665. The van der Waals surface area contributed by atoms with Crippen molar-refractivity contribution < 1.29 is 4.92 Å². The number of nitrogens with zero attached hydrogens (tertiary/aromatic N) is 4. The highest BCUT2D eigenvalue weighted by molar-refractivity contribution is 7.99. The van der Waals surface area contributed by atoms with Gasteiger partial charge >= 0.3 is 5.69 Å². The number of nitrogens with one attached hydrogen (secondary N) is 1. The highest BCUT2D eigenvalue weighted by Gasteiger charge is 2.30. The molecule has 2 heterocycles. The third kappa shape index (κ3) is 2.89. The Labute approximate surface area is 116 Å². The fraction of sp³-hybridized carbons (Fsp3) is 0.636. The first-order valence-electron chi connectivity index (χ1n) is 6.22. The molecule has 0 bridgehead atoms. The van der Waals surface area contributed by atoms with Gasteiger partial charge in [0.25, 0.3) is 0 Å². The molecule has 0 aliphatic carbocycles. The Morgan fingerprint density at radius 2 is 2.42 bits per heavy atom. The molecule has 0 spiro atoms. The van der Waals surface area contributed by atoms with Crippen LogP contribution < -0.4 is 10.2 Å². The Balaban J connectivity index is 2.43. The molecule has 1 fully saturated rings. The van der Waals surface area contributed by atoms with Crippen LogP contribution in [0.3, 0.4) is 0 Å². The Morgan fingerprint density at radius 3 is 3.05 bits per heavy atom. The minimum atomic E-state index is -0.401. The van der Waals surface area contributed by atoms with Crippen molar-refractivity contribution in [2.24, 2.45) is 0 Å². The highest BCUT2D eigenvalue weighted by Crippen LogP contribution is 2.34. The molecular formula is C11H17N5O2S. The van der Waals surface area contributed by atoms with Gasteiger partial charge in [0, 0.05) is 30.6 Å². The van der Waals surface area contributed by atoms with Crippen molar-refractivity contribution in [1.82, 2.24) is 9.97 Å². The van der Waals surface area contributed by atoms with Gasteiger partial charge in [0.2, 0.25) is 11.6 Å². The summed E-state index contributed by atoms with van der Waals surface area (Å²) in [6, 6.07) is 0.238. The van der Waals surface area contributed by atoms with E-state index in [0.717, 1.165) is 18.1 Å². The van der Waals surface area contributed by atoms with Crippen molar-refractivity contribution in [1.29, 1.82) is 0 Å². The molecule has 19 heavy (non-hydrogen) atoms. The second-order valence-electron chi connectivity index (χ2n) is 4.30. The number of nitro groups is 1. The molecule has 1 aromatic rings. The molecule has 1 aliphatic rings. The zero-order valence-corrected chi connectivity index (χ0v) is 11.8. The molecule has 0 aromatic carbocycles. The minimum Gasteiger partial charge on any atom is -0.364 e. The van der Waals surface area contributed by atoms with Gasteiger partial charge in [-0.1, -0.05) is 0 Å². The zero-order valence-electron chi connectivity index (χ0n) is 11.0. The zero-order chi connectivity index (χ0) is 13.8. The van der Waals surface area contributed by atoms with Gasteiger partial charge in [-0.3, -0.25) is 10.1 Å². The number of aromatic nitrogens is 2. The van der Waals surface area contributed by atoms with Crippen LogP contribution in [0.4, 0.5) is 17.3 Å². The first kappa shape index (κ1) is 13.9. The Morgan fingerprint density at radius 1 is 1.63 bits per heavy atom. The number of thioether (sulfide) groups is 1. The summed E-state index contributed by atoms with van der Waals surface area (Å²) in [7, 11) is 0. The van der Waals surface area contributed by atoms with E-state index in [2.05, 4.69) is 22.2 Å². The molecule has 1 saturated heterocycles. The van der Waals surface area contributed by atoms with Gasteiger partial charge in [0.05, 0.1) is 4.92 Å². The van der Waals surface area contributed by atoms with Gasteiger partial charge in [0.1, 0.15) is 6.33 Å². The lowest BCUT2D eigenvalue weighted by molar-refractivity contribution is -0.383. The third-order valence-electron chi connectivity index (χ3n) is 2.97. The number of hydrogen-bond donors (Lipinski definition) is 1. The highest BCUT2D eigenvalue weighted by atomic mass is 32.2. The average molecular weight is 283 g/mol. The van der Waals surface area contributed by atoms with E-state index >= 15 is 0 Å². The standard InChI is InChI=1S/C11H17N5O2S/c1-3-12-10-9(16(17)18)11(14-7-13-10)15-4-5-19-6-8(15)2/h7-8H,3-6H2,1-2H3,(H,12,13,14). The summed E-state index contributed by atoms with van der Waals surface area (Å²) in [6.45, 7) is 5.30. The Hall–Kier alpha value is -1.57. The fourth-order valence-electron chi connectivity index (χ4n) is 2.09. The number of hydrogen-bond acceptors (Lipinski definition) is 7. The van der Waals surface area contributed by atoms with Crippen molar-refractivity contribution in [3.05, 3.63) is 16.4 Å². The van der Waals surface area contributed by atoms with E-state index in [-0.39, 0.29) is 11.7 Å². The maximum Gasteiger partial charge on any atom is 0.353 e. The van der Waals surface area contributed by atoms with Gasteiger partial charge in [-0.25, -0.2) is 9.97 Å². The normalized spacial score (nSPS) is 19.3. The van der Waals surface area contributed by atoms with Crippen LogP contribution in [0.5, 0.6) is 0 Å². The summed E-state index contributed by atoms with van der Waals surface area (Å²) in [5.74, 6) is 2.63. The topological polar surface area (TPSA) is 84.2 Å². The Kier molecular flexibility index (Phi) is 4.41. The average Bonchev–Trinajstić information content (AvgIpc) is 2.39. The van der Waals surface area contributed by atoms with Crippen LogP contribution in [-0.2, 0) is 0 Å². The SMILES string of the molecule is CCNc1ncnc(N2CCSCC2C)c1[N+](=O)[O-]. The third-order valence-corrected chi connectivity index (χ3v) is 4.16. The van der Waals surface area contributed by atoms with Crippen LogP contribution in [0.2, 0.25) is 0 Å². The van der Waals surface area contributed by atoms with E-state index in [1.165, 1.54) is 6.33 Å². The van der Waals surface area contributed by atoms with Crippen LogP contribution in [-0.4, -0.2) is 45.5 Å². The van der Waals surface area contributed by atoms with Crippen molar-refractivity contribution in [3.8, 4) is 0 Å². The first-order chi connectivity index (χ1) is 9.15. The lowest BCUT2D eigenvalue weighted by Gasteiger charge is -2.33.